The van der Waals surface area contributed by atoms with Crippen molar-refractivity contribution in [2.75, 3.05) is 11.1 Å². The van der Waals surface area contributed by atoms with Crippen molar-refractivity contribution in [3.63, 3.8) is 0 Å². The first kappa shape index (κ1) is 21.6. The van der Waals surface area contributed by atoms with E-state index < -0.39 is 15.9 Å². The van der Waals surface area contributed by atoms with Crippen LogP contribution in [-0.2, 0) is 14.6 Å². The third-order valence-electron chi connectivity index (χ3n) is 4.49. The Bertz CT molecular complexity index is 951. The molecule has 0 radical (unpaired) electrons. The van der Waals surface area contributed by atoms with Crippen LogP contribution in [-0.4, -0.2) is 32.0 Å². The summed E-state index contributed by atoms with van der Waals surface area (Å²) in [5.74, 6) is -0.786. The zero-order chi connectivity index (χ0) is 20.9. The molecule has 2 rings (SSSR count). The number of hydrogen-bond donors (Lipinski definition) is 2. The van der Waals surface area contributed by atoms with Crippen molar-refractivity contribution in [2.24, 2.45) is 5.92 Å². The van der Waals surface area contributed by atoms with E-state index in [4.69, 9.17) is 0 Å². The number of amides is 2. The normalized spacial score (nSPS) is 12.5. The summed E-state index contributed by atoms with van der Waals surface area (Å²) in [4.78, 5) is 25.5. The number of anilines is 1. The third kappa shape index (κ3) is 5.19. The highest BCUT2D eigenvalue weighted by Gasteiger charge is 2.25. The predicted octanol–water partition coefficient (Wildman–Crippen LogP) is 3.18. The molecule has 0 saturated carbocycles. The maximum absolute atomic E-state index is 12.7. The maximum Gasteiger partial charge on any atom is 0.252 e. The van der Waals surface area contributed by atoms with E-state index in [0.717, 1.165) is 5.56 Å². The second-order valence-corrected chi connectivity index (χ2v) is 9.21. The number of hydrogen-bond acceptors (Lipinski definition) is 4. The van der Waals surface area contributed by atoms with E-state index in [0.29, 0.717) is 11.3 Å². The Hall–Kier alpha value is -2.67. The lowest BCUT2D eigenvalue weighted by atomic mass is 10.0. The molecular formula is C21H26N2O4S. The number of carbonyl (C=O) groups is 2. The van der Waals surface area contributed by atoms with Gasteiger partial charge in [0, 0.05) is 11.3 Å². The number of benzene rings is 2. The quantitative estimate of drug-likeness (QED) is 0.744. The molecule has 2 amide bonds. The van der Waals surface area contributed by atoms with Crippen molar-refractivity contribution in [2.45, 2.75) is 38.6 Å². The van der Waals surface area contributed by atoms with Gasteiger partial charge in [0.05, 0.1) is 10.6 Å². The van der Waals surface area contributed by atoms with Crippen molar-refractivity contribution in [1.82, 2.24) is 5.32 Å². The Morgan fingerprint density at radius 2 is 1.61 bits per heavy atom. The molecule has 0 aliphatic heterocycles. The lowest BCUT2D eigenvalue weighted by Gasteiger charge is -2.22. The summed E-state index contributed by atoms with van der Waals surface area (Å²) in [5.41, 5.74) is 1.82. The molecule has 1 atom stereocenters. The Morgan fingerprint density at radius 3 is 2.14 bits per heavy atom. The first-order chi connectivity index (χ1) is 13.2. The Balaban J connectivity index is 2.13. The van der Waals surface area contributed by atoms with Gasteiger partial charge in [-0.15, -0.1) is 0 Å². The van der Waals surface area contributed by atoms with Gasteiger partial charge in [-0.3, -0.25) is 9.59 Å². The molecule has 0 bridgehead atoms. The number of aryl methyl sites for hydroxylation is 1. The molecule has 0 saturated heterocycles. The predicted molar refractivity (Wildman–Crippen MR) is 110 cm³/mol. The van der Waals surface area contributed by atoms with E-state index in [-0.39, 0.29) is 28.4 Å². The standard InChI is InChI=1S/C21H26N2O4S/c1-5-28(26,27)17-12-10-16(11-13-17)22-21(25)19(14(2)3)23-20(24)18-9-7-6-8-15(18)4/h6-14,19H,5H2,1-4H3,(H,22,25)(H,23,24)/t19-/m1/s1. The van der Waals surface area contributed by atoms with Gasteiger partial charge in [0.2, 0.25) is 5.91 Å². The number of rotatable bonds is 7. The van der Waals surface area contributed by atoms with Crippen LogP contribution in [0.3, 0.4) is 0 Å². The van der Waals surface area contributed by atoms with Crippen LogP contribution >= 0.6 is 0 Å². The van der Waals surface area contributed by atoms with Gasteiger partial charge in [-0.1, -0.05) is 39.0 Å². The average Bonchev–Trinajstić information content (AvgIpc) is 2.66. The van der Waals surface area contributed by atoms with Crippen LogP contribution in [0.2, 0.25) is 0 Å². The molecule has 28 heavy (non-hydrogen) atoms. The van der Waals surface area contributed by atoms with Gasteiger partial charge in [0.1, 0.15) is 6.04 Å². The summed E-state index contributed by atoms with van der Waals surface area (Å²) in [6.07, 6.45) is 0. The zero-order valence-electron chi connectivity index (χ0n) is 16.5. The van der Waals surface area contributed by atoms with E-state index in [1.165, 1.54) is 12.1 Å². The summed E-state index contributed by atoms with van der Waals surface area (Å²) in [6, 6.07) is 12.5. The minimum Gasteiger partial charge on any atom is -0.340 e. The van der Waals surface area contributed by atoms with Crippen LogP contribution in [0.4, 0.5) is 5.69 Å². The molecule has 2 N–H and O–H groups in total. The monoisotopic (exact) mass is 402 g/mol. The van der Waals surface area contributed by atoms with Crippen molar-refractivity contribution < 1.29 is 18.0 Å². The first-order valence-corrected chi connectivity index (χ1v) is 10.8. The molecule has 0 spiro atoms. The summed E-state index contributed by atoms with van der Waals surface area (Å²) >= 11 is 0. The number of carbonyl (C=O) groups excluding carboxylic acids is 2. The second kappa shape index (κ2) is 9.01. The largest absolute Gasteiger partial charge is 0.340 e. The fourth-order valence-corrected chi connectivity index (χ4v) is 3.60. The van der Waals surface area contributed by atoms with Crippen molar-refractivity contribution in [1.29, 1.82) is 0 Å². The maximum atomic E-state index is 12.7. The van der Waals surface area contributed by atoms with Crippen molar-refractivity contribution >= 4 is 27.3 Å². The topological polar surface area (TPSA) is 92.3 Å². The molecular weight excluding hydrogens is 376 g/mol. The van der Waals surface area contributed by atoms with E-state index in [2.05, 4.69) is 10.6 Å². The summed E-state index contributed by atoms with van der Waals surface area (Å²) in [6.45, 7) is 7.11. The zero-order valence-corrected chi connectivity index (χ0v) is 17.3. The van der Waals surface area contributed by atoms with Crippen LogP contribution in [0.5, 0.6) is 0 Å². The van der Waals surface area contributed by atoms with Gasteiger partial charge >= 0.3 is 0 Å². The van der Waals surface area contributed by atoms with Crippen LogP contribution in [0, 0.1) is 12.8 Å². The molecule has 0 aliphatic rings. The molecule has 150 valence electrons. The van der Waals surface area contributed by atoms with Gasteiger partial charge in [0.15, 0.2) is 9.84 Å². The fourth-order valence-electron chi connectivity index (χ4n) is 2.71. The van der Waals surface area contributed by atoms with Gasteiger partial charge < -0.3 is 10.6 Å². The van der Waals surface area contributed by atoms with Gasteiger partial charge in [-0.2, -0.15) is 0 Å². The molecule has 6 nitrogen and oxygen atoms in total. The summed E-state index contributed by atoms with van der Waals surface area (Å²) < 4.78 is 23.8. The van der Waals surface area contributed by atoms with E-state index in [1.807, 2.05) is 32.9 Å². The van der Waals surface area contributed by atoms with Crippen LogP contribution in [0.1, 0.15) is 36.7 Å². The lowest BCUT2D eigenvalue weighted by Crippen LogP contribution is -2.47. The Morgan fingerprint density at radius 1 is 1.00 bits per heavy atom. The second-order valence-electron chi connectivity index (χ2n) is 6.93. The molecule has 0 aromatic heterocycles. The summed E-state index contributed by atoms with van der Waals surface area (Å²) in [7, 11) is -3.29. The van der Waals surface area contributed by atoms with E-state index >= 15 is 0 Å². The van der Waals surface area contributed by atoms with Crippen molar-refractivity contribution in [3.05, 3.63) is 59.7 Å². The lowest BCUT2D eigenvalue weighted by molar-refractivity contribution is -0.118. The highest BCUT2D eigenvalue weighted by Crippen LogP contribution is 2.17. The molecule has 2 aromatic carbocycles. The third-order valence-corrected chi connectivity index (χ3v) is 6.24. The van der Waals surface area contributed by atoms with E-state index in [1.54, 1.807) is 31.2 Å². The molecule has 0 unspecified atom stereocenters. The van der Waals surface area contributed by atoms with Crippen LogP contribution < -0.4 is 10.6 Å². The van der Waals surface area contributed by atoms with Gasteiger partial charge in [-0.05, 0) is 48.7 Å². The summed E-state index contributed by atoms with van der Waals surface area (Å²) in [5, 5.41) is 5.53. The highest BCUT2D eigenvalue weighted by molar-refractivity contribution is 7.91. The minimum absolute atomic E-state index is 0.0130. The number of sulfone groups is 1. The van der Waals surface area contributed by atoms with Gasteiger partial charge in [-0.25, -0.2) is 8.42 Å². The van der Waals surface area contributed by atoms with Crippen LogP contribution in [0.15, 0.2) is 53.4 Å². The van der Waals surface area contributed by atoms with Crippen LogP contribution in [0.25, 0.3) is 0 Å². The molecule has 0 heterocycles. The van der Waals surface area contributed by atoms with Gasteiger partial charge in [0.25, 0.3) is 5.91 Å². The smallest absolute Gasteiger partial charge is 0.252 e. The average molecular weight is 403 g/mol. The molecule has 7 heteroatoms. The first-order valence-electron chi connectivity index (χ1n) is 9.16. The number of nitrogens with one attached hydrogen (secondary N) is 2. The fraction of sp³-hybridized carbons (Fsp3) is 0.333. The molecule has 0 fully saturated rings. The van der Waals surface area contributed by atoms with Crippen molar-refractivity contribution in [3.8, 4) is 0 Å². The minimum atomic E-state index is -3.29. The van der Waals surface area contributed by atoms with E-state index in [9.17, 15) is 18.0 Å². The molecule has 2 aromatic rings. The Labute approximate surface area is 166 Å². The Kier molecular flexibility index (Phi) is 6.96. The highest BCUT2D eigenvalue weighted by atomic mass is 32.2. The SMILES string of the molecule is CCS(=O)(=O)c1ccc(NC(=O)[C@H](NC(=O)c2ccccc2C)C(C)C)cc1. The molecule has 0 aliphatic carbocycles.